The van der Waals surface area contributed by atoms with Crippen LogP contribution in [0.25, 0.3) is 0 Å². The largest absolute Gasteiger partial charge is 0.386 e. The zero-order valence-corrected chi connectivity index (χ0v) is 10.9. The van der Waals surface area contributed by atoms with Crippen molar-refractivity contribution in [3.63, 3.8) is 0 Å². The number of aromatic nitrogens is 1. The van der Waals surface area contributed by atoms with E-state index in [-0.39, 0.29) is 0 Å². The summed E-state index contributed by atoms with van der Waals surface area (Å²) in [6.07, 6.45) is 2.86. The lowest BCUT2D eigenvalue weighted by molar-refractivity contribution is 0.173. The number of hydrogen-bond donors (Lipinski definition) is 1. The number of hydrogen-bond acceptors (Lipinski definition) is 2. The van der Waals surface area contributed by atoms with E-state index in [1.165, 1.54) is 5.56 Å². The van der Waals surface area contributed by atoms with Gasteiger partial charge in [0.2, 0.25) is 0 Å². The van der Waals surface area contributed by atoms with Crippen LogP contribution in [0.4, 0.5) is 0 Å². The van der Waals surface area contributed by atoms with E-state index in [0.29, 0.717) is 6.42 Å². The van der Waals surface area contributed by atoms with Gasteiger partial charge in [0.15, 0.2) is 0 Å². The molecule has 18 heavy (non-hydrogen) atoms. The third-order valence-corrected chi connectivity index (χ3v) is 3.23. The molecule has 2 nitrogen and oxygen atoms in total. The highest BCUT2D eigenvalue weighted by atomic mass is 16.3. The predicted molar refractivity (Wildman–Crippen MR) is 73.5 cm³/mol. The van der Waals surface area contributed by atoms with E-state index in [1.807, 2.05) is 19.1 Å². The minimum Gasteiger partial charge on any atom is -0.386 e. The summed E-state index contributed by atoms with van der Waals surface area (Å²) >= 11 is 0. The van der Waals surface area contributed by atoms with Crippen molar-refractivity contribution in [3.05, 3.63) is 65.0 Å². The van der Waals surface area contributed by atoms with E-state index in [2.05, 4.69) is 36.2 Å². The Morgan fingerprint density at radius 1 is 1.11 bits per heavy atom. The van der Waals surface area contributed by atoms with Crippen LogP contribution in [-0.2, 0) is 12.8 Å². The normalized spacial score (nSPS) is 12.4. The maximum atomic E-state index is 10.2. The molecule has 0 saturated carbocycles. The Labute approximate surface area is 108 Å². The van der Waals surface area contributed by atoms with E-state index in [4.69, 9.17) is 0 Å². The van der Waals surface area contributed by atoms with Crippen LogP contribution in [0.3, 0.4) is 0 Å². The van der Waals surface area contributed by atoms with Crippen molar-refractivity contribution in [2.75, 3.05) is 0 Å². The SMILES string of the molecule is CCc1ccc(CC(O)c2ncccc2C)cc1. The average molecular weight is 241 g/mol. The maximum absolute atomic E-state index is 10.2. The molecule has 0 fully saturated rings. The van der Waals surface area contributed by atoms with Gasteiger partial charge in [0.05, 0.1) is 5.69 Å². The van der Waals surface area contributed by atoms with Crippen molar-refractivity contribution < 1.29 is 5.11 Å². The number of pyridine rings is 1. The van der Waals surface area contributed by atoms with Crippen molar-refractivity contribution in [1.82, 2.24) is 4.98 Å². The standard InChI is InChI=1S/C16H19NO/c1-3-13-6-8-14(9-7-13)11-15(18)16-12(2)5-4-10-17-16/h4-10,15,18H,3,11H2,1-2H3. The Morgan fingerprint density at radius 2 is 1.78 bits per heavy atom. The molecule has 0 aliphatic carbocycles. The van der Waals surface area contributed by atoms with E-state index in [9.17, 15) is 5.11 Å². The van der Waals surface area contributed by atoms with Gasteiger partial charge in [-0.2, -0.15) is 0 Å². The Balaban J connectivity index is 2.11. The monoisotopic (exact) mass is 241 g/mol. The Hall–Kier alpha value is -1.67. The molecule has 0 bridgehead atoms. The van der Waals surface area contributed by atoms with Gasteiger partial charge >= 0.3 is 0 Å². The highest BCUT2D eigenvalue weighted by Crippen LogP contribution is 2.19. The second-order valence-corrected chi connectivity index (χ2v) is 4.60. The fourth-order valence-electron chi connectivity index (χ4n) is 2.08. The van der Waals surface area contributed by atoms with Crippen LogP contribution in [-0.4, -0.2) is 10.1 Å². The molecule has 1 unspecified atom stereocenters. The van der Waals surface area contributed by atoms with Crippen molar-refractivity contribution in [3.8, 4) is 0 Å². The van der Waals surface area contributed by atoms with Crippen LogP contribution in [0.5, 0.6) is 0 Å². The summed E-state index contributed by atoms with van der Waals surface area (Å²) in [4.78, 5) is 4.26. The van der Waals surface area contributed by atoms with Crippen molar-refractivity contribution in [2.24, 2.45) is 0 Å². The second-order valence-electron chi connectivity index (χ2n) is 4.60. The Bertz CT molecular complexity index is 505. The summed E-state index contributed by atoms with van der Waals surface area (Å²) in [5.74, 6) is 0. The zero-order valence-electron chi connectivity index (χ0n) is 10.9. The molecule has 2 rings (SSSR count). The zero-order chi connectivity index (χ0) is 13.0. The number of aryl methyl sites for hydroxylation is 2. The van der Waals surface area contributed by atoms with Crippen LogP contribution in [0.2, 0.25) is 0 Å². The van der Waals surface area contributed by atoms with Crippen LogP contribution in [0.15, 0.2) is 42.6 Å². The summed E-state index contributed by atoms with van der Waals surface area (Å²) < 4.78 is 0. The highest BCUT2D eigenvalue weighted by Gasteiger charge is 2.12. The quantitative estimate of drug-likeness (QED) is 0.891. The number of benzene rings is 1. The van der Waals surface area contributed by atoms with E-state index >= 15 is 0 Å². The van der Waals surface area contributed by atoms with Crippen molar-refractivity contribution in [2.45, 2.75) is 32.8 Å². The lowest BCUT2D eigenvalue weighted by Gasteiger charge is -2.12. The molecule has 0 amide bonds. The first-order valence-corrected chi connectivity index (χ1v) is 6.38. The van der Waals surface area contributed by atoms with Gasteiger partial charge in [-0.3, -0.25) is 4.98 Å². The van der Waals surface area contributed by atoms with E-state index < -0.39 is 6.10 Å². The van der Waals surface area contributed by atoms with Crippen LogP contribution in [0.1, 0.15) is 35.4 Å². The molecule has 94 valence electrons. The molecule has 2 aromatic rings. The first-order chi connectivity index (χ1) is 8.70. The third-order valence-electron chi connectivity index (χ3n) is 3.23. The van der Waals surface area contributed by atoms with Crippen LogP contribution >= 0.6 is 0 Å². The molecule has 0 aliphatic rings. The minimum absolute atomic E-state index is 0.529. The van der Waals surface area contributed by atoms with Gasteiger partial charge in [0.25, 0.3) is 0 Å². The predicted octanol–water partition coefficient (Wildman–Crippen LogP) is 3.23. The van der Waals surface area contributed by atoms with Gasteiger partial charge < -0.3 is 5.11 Å². The van der Waals surface area contributed by atoms with Gasteiger partial charge in [0, 0.05) is 12.6 Å². The van der Waals surface area contributed by atoms with Crippen LogP contribution < -0.4 is 0 Å². The topological polar surface area (TPSA) is 33.1 Å². The smallest absolute Gasteiger partial charge is 0.100 e. The molecule has 0 radical (unpaired) electrons. The number of rotatable bonds is 4. The van der Waals surface area contributed by atoms with Gasteiger partial charge in [-0.05, 0) is 36.1 Å². The molecule has 1 heterocycles. The molecule has 1 atom stereocenters. The minimum atomic E-state index is -0.529. The number of aliphatic hydroxyl groups excluding tert-OH is 1. The van der Waals surface area contributed by atoms with Crippen molar-refractivity contribution >= 4 is 0 Å². The lowest BCUT2D eigenvalue weighted by Crippen LogP contribution is -2.06. The van der Waals surface area contributed by atoms with Gasteiger partial charge in [-0.25, -0.2) is 0 Å². The fourth-order valence-corrected chi connectivity index (χ4v) is 2.08. The fraction of sp³-hybridized carbons (Fsp3) is 0.312. The third kappa shape index (κ3) is 2.96. The van der Waals surface area contributed by atoms with Crippen molar-refractivity contribution in [1.29, 1.82) is 0 Å². The number of aliphatic hydroxyl groups is 1. The molecule has 0 aliphatic heterocycles. The number of nitrogens with zero attached hydrogens (tertiary/aromatic N) is 1. The second kappa shape index (κ2) is 5.78. The summed E-state index contributed by atoms with van der Waals surface area (Å²) in [5, 5.41) is 10.2. The summed E-state index contributed by atoms with van der Waals surface area (Å²) in [7, 11) is 0. The molecule has 0 saturated heterocycles. The van der Waals surface area contributed by atoms with Crippen LogP contribution in [0, 0.1) is 6.92 Å². The maximum Gasteiger partial charge on any atom is 0.100 e. The highest BCUT2D eigenvalue weighted by molar-refractivity contribution is 5.26. The molecule has 0 spiro atoms. The molecular formula is C16H19NO. The summed E-state index contributed by atoms with van der Waals surface area (Å²) in [6.45, 7) is 4.12. The van der Waals surface area contributed by atoms with E-state index in [1.54, 1.807) is 6.20 Å². The van der Waals surface area contributed by atoms with Gasteiger partial charge in [-0.1, -0.05) is 37.3 Å². The lowest BCUT2D eigenvalue weighted by atomic mass is 10.0. The summed E-state index contributed by atoms with van der Waals surface area (Å²) in [5.41, 5.74) is 4.28. The van der Waals surface area contributed by atoms with Gasteiger partial charge in [0.1, 0.15) is 6.10 Å². The molecule has 1 aromatic heterocycles. The summed E-state index contributed by atoms with van der Waals surface area (Å²) in [6, 6.07) is 12.3. The molecular weight excluding hydrogens is 222 g/mol. The van der Waals surface area contributed by atoms with E-state index in [0.717, 1.165) is 23.2 Å². The molecule has 1 aromatic carbocycles. The Morgan fingerprint density at radius 3 is 2.39 bits per heavy atom. The first kappa shape index (κ1) is 12.8. The first-order valence-electron chi connectivity index (χ1n) is 6.38. The Kier molecular flexibility index (Phi) is 4.11. The molecule has 2 heteroatoms. The molecule has 1 N–H and O–H groups in total. The van der Waals surface area contributed by atoms with Gasteiger partial charge in [-0.15, -0.1) is 0 Å². The average Bonchev–Trinajstić information content (AvgIpc) is 2.40.